The molecule has 1 atom stereocenters. The number of nitrogens with two attached hydrogens (primary N) is 1. The Hall–Kier alpha value is -3.98. The van der Waals surface area contributed by atoms with Crippen molar-refractivity contribution in [1.29, 1.82) is 0 Å². The van der Waals surface area contributed by atoms with Gasteiger partial charge < -0.3 is 34.9 Å². The van der Waals surface area contributed by atoms with Gasteiger partial charge in [0, 0.05) is 53.4 Å². The third-order valence-electron chi connectivity index (χ3n) is 6.58. The van der Waals surface area contributed by atoms with Gasteiger partial charge in [-0.25, -0.2) is 9.38 Å². The molecule has 9 heteroatoms. The number of halogens is 1. The largest absolute Gasteiger partial charge is 0.497 e. The number of hydrogen-bond acceptors (Lipinski definition) is 8. The number of methoxy groups -OCH3 is 1. The predicted octanol–water partition coefficient (Wildman–Crippen LogP) is 4.11. The van der Waals surface area contributed by atoms with Gasteiger partial charge in [0.05, 0.1) is 20.3 Å². The SMILES string of the molecule is COc1cccc(Nc2ccc3c(c2)[C@@]2(COC(N)=N2)c2cc(N4CCOCC4)cc(F)c2O3)c1. The number of rotatable bonds is 4. The minimum atomic E-state index is -1.03. The third-order valence-corrected chi connectivity index (χ3v) is 6.58. The van der Waals surface area contributed by atoms with Crippen molar-refractivity contribution in [2.45, 2.75) is 5.54 Å². The molecule has 6 rings (SSSR count). The first kappa shape index (κ1) is 21.5. The van der Waals surface area contributed by atoms with E-state index in [9.17, 15) is 0 Å². The molecule has 3 heterocycles. The van der Waals surface area contributed by atoms with Gasteiger partial charge in [0.2, 0.25) is 0 Å². The van der Waals surface area contributed by atoms with Crippen LogP contribution in [0.4, 0.5) is 21.5 Å². The molecular weight excluding hydrogens is 451 g/mol. The van der Waals surface area contributed by atoms with E-state index in [1.165, 1.54) is 6.07 Å². The molecule has 8 nitrogen and oxygen atoms in total. The lowest BCUT2D eigenvalue weighted by molar-refractivity contribution is 0.122. The number of ether oxygens (including phenoxy) is 4. The summed E-state index contributed by atoms with van der Waals surface area (Å²) in [6.07, 6.45) is 0. The highest BCUT2D eigenvalue weighted by atomic mass is 19.1. The lowest BCUT2D eigenvalue weighted by Crippen LogP contribution is -2.37. The summed E-state index contributed by atoms with van der Waals surface area (Å²) in [6.45, 7) is 2.70. The molecule has 1 saturated heterocycles. The summed E-state index contributed by atoms with van der Waals surface area (Å²) in [4.78, 5) is 6.80. The molecule has 180 valence electrons. The Morgan fingerprint density at radius 1 is 1.06 bits per heavy atom. The number of aliphatic imine (C=N–C) groups is 1. The molecule has 0 unspecified atom stereocenters. The number of benzene rings is 3. The van der Waals surface area contributed by atoms with Gasteiger partial charge in [0.15, 0.2) is 17.1 Å². The fraction of sp³-hybridized carbons (Fsp3) is 0.269. The molecule has 0 aliphatic carbocycles. The second-order valence-electron chi connectivity index (χ2n) is 8.67. The van der Waals surface area contributed by atoms with Gasteiger partial charge >= 0.3 is 0 Å². The average Bonchev–Trinajstić information content (AvgIpc) is 3.28. The monoisotopic (exact) mass is 476 g/mol. The molecule has 0 amide bonds. The number of hydrogen-bond donors (Lipinski definition) is 2. The van der Waals surface area contributed by atoms with Crippen molar-refractivity contribution < 1.29 is 23.3 Å². The quantitative estimate of drug-likeness (QED) is 0.586. The van der Waals surface area contributed by atoms with E-state index in [0.717, 1.165) is 28.4 Å². The van der Waals surface area contributed by atoms with Gasteiger partial charge in [-0.3, -0.25) is 0 Å². The molecule has 0 bridgehead atoms. The Bertz CT molecular complexity index is 1320. The van der Waals surface area contributed by atoms with Crippen molar-refractivity contribution >= 4 is 23.1 Å². The van der Waals surface area contributed by atoms with Crippen LogP contribution in [0.25, 0.3) is 0 Å². The zero-order valence-electron chi connectivity index (χ0n) is 19.2. The van der Waals surface area contributed by atoms with E-state index >= 15 is 4.39 Å². The summed E-state index contributed by atoms with van der Waals surface area (Å²) in [5, 5.41) is 3.39. The molecule has 0 aromatic heterocycles. The van der Waals surface area contributed by atoms with Crippen LogP contribution in [0.5, 0.6) is 17.2 Å². The Morgan fingerprint density at radius 2 is 1.89 bits per heavy atom. The summed E-state index contributed by atoms with van der Waals surface area (Å²) in [5.41, 5.74) is 8.74. The Kier molecular flexibility index (Phi) is 5.14. The minimum absolute atomic E-state index is 0.0622. The summed E-state index contributed by atoms with van der Waals surface area (Å²) in [5.74, 6) is 0.946. The third kappa shape index (κ3) is 3.68. The second kappa shape index (κ2) is 8.35. The van der Waals surface area contributed by atoms with Crippen LogP contribution in [0.2, 0.25) is 0 Å². The summed E-state index contributed by atoms with van der Waals surface area (Å²) >= 11 is 0. The van der Waals surface area contributed by atoms with Crippen LogP contribution in [0, 0.1) is 5.82 Å². The van der Waals surface area contributed by atoms with Crippen molar-refractivity contribution in [1.82, 2.24) is 0 Å². The normalized spacial score (nSPS) is 20.4. The standard InChI is InChI=1S/C26H25FN4O4/c1-32-19-4-2-3-16(11-19)29-17-5-6-23-20(12-17)26(15-34-25(28)30-26)21-13-18(14-22(27)24(21)35-23)31-7-9-33-10-8-31/h2-6,11-14,29H,7-10,15H2,1H3,(H2,28,30)/t26-/m0/s1. The molecule has 3 aromatic rings. The molecule has 1 fully saturated rings. The van der Waals surface area contributed by atoms with E-state index in [-0.39, 0.29) is 18.4 Å². The van der Waals surface area contributed by atoms with Crippen LogP contribution in [0.1, 0.15) is 11.1 Å². The molecule has 3 N–H and O–H groups in total. The van der Waals surface area contributed by atoms with E-state index in [4.69, 9.17) is 29.7 Å². The first-order chi connectivity index (χ1) is 17.1. The molecular formula is C26H25FN4O4. The average molecular weight is 477 g/mol. The number of anilines is 3. The highest BCUT2D eigenvalue weighted by Crippen LogP contribution is 2.53. The topological polar surface area (TPSA) is 90.6 Å². The van der Waals surface area contributed by atoms with Gasteiger partial charge in [0.1, 0.15) is 18.1 Å². The van der Waals surface area contributed by atoms with Crippen molar-refractivity contribution in [2.75, 3.05) is 50.2 Å². The summed E-state index contributed by atoms with van der Waals surface area (Å²) in [6, 6.07) is 16.8. The molecule has 0 saturated carbocycles. The van der Waals surface area contributed by atoms with Crippen molar-refractivity contribution in [3.05, 3.63) is 71.5 Å². The lowest BCUT2D eigenvalue weighted by atomic mass is 9.80. The van der Waals surface area contributed by atoms with Crippen LogP contribution < -0.4 is 25.4 Å². The van der Waals surface area contributed by atoms with E-state index < -0.39 is 11.4 Å². The zero-order chi connectivity index (χ0) is 24.0. The van der Waals surface area contributed by atoms with Gasteiger partial charge in [0.25, 0.3) is 6.02 Å². The van der Waals surface area contributed by atoms with Crippen LogP contribution in [0.3, 0.4) is 0 Å². The maximum Gasteiger partial charge on any atom is 0.283 e. The fourth-order valence-electron chi connectivity index (χ4n) is 4.84. The van der Waals surface area contributed by atoms with Crippen molar-refractivity contribution in [3.8, 4) is 17.2 Å². The van der Waals surface area contributed by atoms with Gasteiger partial charge in [-0.15, -0.1) is 0 Å². The zero-order valence-corrected chi connectivity index (χ0v) is 19.2. The van der Waals surface area contributed by atoms with Crippen LogP contribution in [-0.2, 0) is 15.0 Å². The first-order valence-electron chi connectivity index (χ1n) is 11.4. The second-order valence-corrected chi connectivity index (χ2v) is 8.67. The molecule has 3 aliphatic rings. The highest BCUT2D eigenvalue weighted by molar-refractivity contribution is 5.78. The maximum atomic E-state index is 15.4. The Balaban J connectivity index is 1.45. The lowest BCUT2D eigenvalue weighted by Gasteiger charge is -2.36. The fourth-order valence-corrected chi connectivity index (χ4v) is 4.84. The smallest absolute Gasteiger partial charge is 0.283 e. The number of fused-ring (bicyclic) bond motifs is 4. The van der Waals surface area contributed by atoms with Crippen LogP contribution in [-0.4, -0.2) is 46.0 Å². The summed E-state index contributed by atoms with van der Waals surface area (Å²) < 4.78 is 37.9. The molecule has 3 aliphatic heterocycles. The predicted molar refractivity (Wildman–Crippen MR) is 131 cm³/mol. The van der Waals surface area contributed by atoms with E-state index in [0.29, 0.717) is 37.6 Å². The van der Waals surface area contributed by atoms with Crippen molar-refractivity contribution in [3.63, 3.8) is 0 Å². The number of amidine groups is 1. The van der Waals surface area contributed by atoms with Gasteiger partial charge in [-0.1, -0.05) is 6.07 Å². The highest BCUT2D eigenvalue weighted by Gasteiger charge is 2.48. The first-order valence-corrected chi connectivity index (χ1v) is 11.4. The van der Waals surface area contributed by atoms with E-state index in [1.54, 1.807) is 7.11 Å². The van der Waals surface area contributed by atoms with E-state index in [2.05, 4.69) is 10.2 Å². The van der Waals surface area contributed by atoms with Crippen LogP contribution >= 0.6 is 0 Å². The van der Waals surface area contributed by atoms with Crippen LogP contribution in [0.15, 0.2) is 59.6 Å². The molecule has 0 radical (unpaired) electrons. The molecule has 35 heavy (non-hydrogen) atoms. The number of nitrogens with zero attached hydrogens (tertiary/aromatic N) is 2. The van der Waals surface area contributed by atoms with Crippen molar-refractivity contribution in [2.24, 2.45) is 10.7 Å². The van der Waals surface area contributed by atoms with E-state index in [1.807, 2.05) is 48.5 Å². The minimum Gasteiger partial charge on any atom is -0.497 e. The Morgan fingerprint density at radius 3 is 2.66 bits per heavy atom. The number of morpholine rings is 1. The summed E-state index contributed by atoms with van der Waals surface area (Å²) in [7, 11) is 1.63. The maximum absolute atomic E-state index is 15.4. The number of nitrogens with one attached hydrogen (secondary N) is 1. The van der Waals surface area contributed by atoms with Gasteiger partial charge in [-0.2, -0.15) is 0 Å². The molecule has 1 spiro atoms. The van der Waals surface area contributed by atoms with Gasteiger partial charge in [-0.05, 0) is 36.4 Å². The molecule has 3 aromatic carbocycles. The Labute approximate surface area is 202 Å².